The van der Waals surface area contributed by atoms with E-state index in [9.17, 15) is 0 Å². The van der Waals surface area contributed by atoms with E-state index < -0.39 is 0 Å². The van der Waals surface area contributed by atoms with Crippen LogP contribution in [-0.2, 0) is 0 Å². The molecule has 0 spiro atoms. The van der Waals surface area contributed by atoms with E-state index in [1.807, 2.05) is 31.2 Å². The van der Waals surface area contributed by atoms with Gasteiger partial charge in [-0.15, -0.1) is 0 Å². The number of hydrogen-bond acceptors (Lipinski definition) is 3. The zero-order valence-corrected chi connectivity index (χ0v) is 11.8. The van der Waals surface area contributed by atoms with Gasteiger partial charge in [-0.05, 0) is 31.0 Å². The molecule has 0 saturated carbocycles. The first kappa shape index (κ1) is 12.3. The SMILES string of the molecule is CC1=NC(C(C)C)N=C1Nc1cccc(Br)c1. The molecule has 1 N–H and O–H groups in total. The normalized spacial score (nSPS) is 19.2. The van der Waals surface area contributed by atoms with Crippen molar-refractivity contribution in [2.45, 2.75) is 26.9 Å². The first-order valence-corrected chi connectivity index (χ1v) is 6.50. The van der Waals surface area contributed by atoms with Crippen LogP contribution in [0, 0.1) is 5.92 Å². The van der Waals surface area contributed by atoms with E-state index in [1.54, 1.807) is 0 Å². The fraction of sp³-hybridized carbons (Fsp3) is 0.385. The molecule has 0 fully saturated rings. The van der Waals surface area contributed by atoms with Crippen molar-refractivity contribution in [3.05, 3.63) is 28.7 Å². The van der Waals surface area contributed by atoms with Gasteiger partial charge < -0.3 is 5.32 Å². The Kier molecular flexibility index (Phi) is 3.62. The number of hydrogen-bond donors (Lipinski definition) is 1. The van der Waals surface area contributed by atoms with Crippen molar-refractivity contribution in [3.8, 4) is 0 Å². The van der Waals surface area contributed by atoms with E-state index in [0.29, 0.717) is 5.92 Å². The fourth-order valence-corrected chi connectivity index (χ4v) is 2.04. The lowest BCUT2D eigenvalue weighted by atomic mass is 10.2. The molecular weight excluding hydrogens is 278 g/mol. The molecule has 2 rings (SSSR count). The molecule has 0 bridgehead atoms. The summed E-state index contributed by atoms with van der Waals surface area (Å²) in [4.78, 5) is 9.11. The van der Waals surface area contributed by atoms with E-state index in [4.69, 9.17) is 0 Å². The number of anilines is 1. The standard InChI is InChI=1S/C13H16BrN3/c1-8(2)12-15-9(3)13(17-12)16-11-6-4-5-10(14)7-11/h4-8,12H,1-3H3,(H,16,17). The van der Waals surface area contributed by atoms with Gasteiger partial charge in [0.1, 0.15) is 12.0 Å². The summed E-state index contributed by atoms with van der Waals surface area (Å²) in [6.45, 7) is 6.26. The molecule has 3 nitrogen and oxygen atoms in total. The highest BCUT2D eigenvalue weighted by molar-refractivity contribution is 9.10. The third-order valence-corrected chi connectivity index (χ3v) is 3.11. The van der Waals surface area contributed by atoms with Crippen LogP contribution in [0.2, 0.25) is 0 Å². The van der Waals surface area contributed by atoms with Crippen molar-refractivity contribution in [3.63, 3.8) is 0 Å². The van der Waals surface area contributed by atoms with E-state index in [0.717, 1.165) is 21.7 Å². The minimum atomic E-state index is 0.0599. The molecule has 0 aromatic heterocycles. The van der Waals surface area contributed by atoms with Crippen LogP contribution in [-0.4, -0.2) is 17.7 Å². The molecule has 0 amide bonds. The van der Waals surface area contributed by atoms with Gasteiger partial charge >= 0.3 is 0 Å². The highest BCUT2D eigenvalue weighted by Crippen LogP contribution is 2.19. The number of nitrogens with one attached hydrogen (secondary N) is 1. The van der Waals surface area contributed by atoms with Crippen molar-refractivity contribution < 1.29 is 0 Å². The second-order valence-corrected chi connectivity index (χ2v) is 5.40. The van der Waals surface area contributed by atoms with Gasteiger partial charge in [-0.25, -0.2) is 4.99 Å². The van der Waals surface area contributed by atoms with E-state index in [2.05, 4.69) is 45.1 Å². The van der Waals surface area contributed by atoms with Crippen LogP contribution in [0.4, 0.5) is 5.69 Å². The summed E-state index contributed by atoms with van der Waals surface area (Å²) in [7, 11) is 0. The number of amidine groups is 1. The first-order valence-electron chi connectivity index (χ1n) is 5.71. The summed E-state index contributed by atoms with van der Waals surface area (Å²) in [5.41, 5.74) is 2.00. The maximum atomic E-state index is 4.58. The quantitative estimate of drug-likeness (QED) is 0.886. The van der Waals surface area contributed by atoms with Crippen LogP contribution in [0.5, 0.6) is 0 Å². The zero-order chi connectivity index (χ0) is 12.4. The Morgan fingerprint density at radius 2 is 2.06 bits per heavy atom. The lowest BCUT2D eigenvalue weighted by Gasteiger charge is -2.07. The van der Waals surface area contributed by atoms with Gasteiger partial charge in [0.05, 0.1) is 5.71 Å². The number of aliphatic imine (C=N–C) groups is 2. The third kappa shape index (κ3) is 2.94. The lowest BCUT2D eigenvalue weighted by molar-refractivity contribution is 0.521. The van der Waals surface area contributed by atoms with Gasteiger partial charge in [0.25, 0.3) is 0 Å². The van der Waals surface area contributed by atoms with Gasteiger partial charge in [0.2, 0.25) is 0 Å². The lowest BCUT2D eigenvalue weighted by Crippen LogP contribution is -2.17. The molecule has 1 aliphatic rings. The maximum absolute atomic E-state index is 4.58. The second-order valence-electron chi connectivity index (χ2n) is 4.49. The Bertz CT molecular complexity index is 477. The third-order valence-electron chi connectivity index (χ3n) is 2.61. The Morgan fingerprint density at radius 3 is 2.65 bits per heavy atom. The number of benzene rings is 1. The minimum absolute atomic E-state index is 0.0599. The molecule has 0 saturated heterocycles. The smallest absolute Gasteiger partial charge is 0.148 e. The Hall–Kier alpha value is -1.16. The summed E-state index contributed by atoms with van der Waals surface area (Å²) in [5.74, 6) is 1.31. The topological polar surface area (TPSA) is 36.8 Å². The van der Waals surface area contributed by atoms with Crippen molar-refractivity contribution in [2.75, 3.05) is 5.32 Å². The van der Waals surface area contributed by atoms with E-state index in [-0.39, 0.29) is 6.17 Å². The van der Waals surface area contributed by atoms with Crippen LogP contribution >= 0.6 is 15.9 Å². The monoisotopic (exact) mass is 293 g/mol. The minimum Gasteiger partial charge on any atom is -0.339 e. The molecule has 17 heavy (non-hydrogen) atoms. The van der Waals surface area contributed by atoms with Gasteiger partial charge in [-0.2, -0.15) is 0 Å². The predicted molar refractivity (Wildman–Crippen MR) is 76.9 cm³/mol. The number of rotatable bonds is 2. The highest BCUT2D eigenvalue weighted by Gasteiger charge is 2.20. The second kappa shape index (κ2) is 5.00. The predicted octanol–water partition coefficient (Wildman–Crippen LogP) is 3.72. The molecule has 0 aliphatic carbocycles. The molecule has 1 atom stereocenters. The van der Waals surface area contributed by atoms with Crippen LogP contribution in [0.25, 0.3) is 0 Å². The van der Waals surface area contributed by atoms with Crippen LogP contribution in [0.3, 0.4) is 0 Å². The van der Waals surface area contributed by atoms with Crippen molar-refractivity contribution in [2.24, 2.45) is 15.9 Å². The molecule has 1 heterocycles. The average Bonchev–Trinajstić information content (AvgIpc) is 2.61. The van der Waals surface area contributed by atoms with E-state index in [1.165, 1.54) is 0 Å². The summed E-state index contributed by atoms with van der Waals surface area (Å²) in [5, 5.41) is 3.31. The zero-order valence-electron chi connectivity index (χ0n) is 10.2. The van der Waals surface area contributed by atoms with Crippen LogP contribution in [0.15, 0.2) is 38.7 Å². The molecule has 1 aromatic rings. The molecule has 90 valence electrons. The summed E-state index contributed by atoms with van der Waals surface area (Å²) in [6, 6.07) is 8.04. The van der Waals surface area contributed by atoms with Crippen molar-refractivity contribution >= 4 is 33.2 Å². The largest absolute Gasteiger partial charge is 0.339 e. The van der Waals surface area contributed by atoms with Gasteiger partial charge in [0, 0.05) is 10.2 Å². The van der Waals surface area contributed by atoms with Gasteiger partial charge in [0.15, 0.2) is 0 Å². The summed E-state index contributed by atoms with van der Waals surface area (Å²) >= 11 is 3.45. The van der Waals surface area contributed by atoms with Crippen molar-refractivity contribution in [1.29, 1.82) is 0 Å². The Balaban J connectivity index is 2.15. The molecule has 4 heteroatoms. The van der Waals surface area contributed by atoms with Crippen LogP contribution < -0.4 is 5.32 Å². The van der Waals surface area contributed by atoms with Gasteiger partial charge in [-0.1, -0.05) is 35.8 Å². The first-order chi connectivity index (χ1) is 8.06. The maximum Gasteiger partial charge on any atom is 0.148 e. The number of halogens is 1. The Labute approximate surface area is 110 Å². The van der Waals surface area contributed by atoms with Crippen LogP contribution in [0.1, 0.15) is 20.8 Å². The fourth-order valence-electron chi connectivity index (χ4n) is 1.64. The summed E-state index contributed by atoms with van der Waals surface area (Å²) in [6.07, 6.45) is 0.0599. The molecule has 0 radical (unpaired) electrons. The average molecular weight is 294 g/mol. The number of nitrogens with zero attached hydrogens (tertiary/aromatic N) is 2. The molecule has 1 unspecified atom stereocenters. The van der Waals surface area contributed by atoms with E-state index >= 15 is 0 Å². The molecule has 1 aromatic carbocycles. The Morgan fingerprint density at radius 1 is 1.29 bits per heavy atom. The molecule has 1 aliphatic heterocycles. The van der Waals surface area contributed by atoms with Crippen molar-refractivity contribution in [1.82, 2.24) is 0 Å². The van der Waals surface area contributed by atoms with Gasteiger partial charge in [-0.3, -0.25) is 4.99 Å². The highest BCUT2D eigenvalue weighted by atomic mass is 79.9. The summed E-state index contributed by atoms with van der Waals surface area (Å²) < 4.78 is 1.05. The molecular formula is C13H16BrN3.